The highest BCUT2D eigenvalue weighted by Crippen LogP contribution is 2.63. The number of anilines is 3. The molecule has 64 heavy (non-hydrogen) atoms. The first-order valence-corrected chi connectivity index (χ1v) is 22.1. The van der Waals surface area contributed by atoms with E-state index in [1.165, 1.54) is 60.8 Å². The highest BCUT2D eigenvalue weighted by atomic mass is 16.3. The van der Waals surface area contributed by atoms with Crippen LogP contribution < -0.4 is 4.90 Å². The predicted molar refractivity (Wildman–Crippen MR) is 264 cm³/mol. The normalized spacial score (nSPS) is 13.1. The zero-order valence-corrected chi connectivity index (χ0v) is 34.7. The van der Waals surface area contributed by atoms with Gasteiger partial charge in [0.25, 0.3) is 0 Å². The molecule has 0 bridgehead atoms. The van der Waals surface area contributed by atoms with Crippen molar-refractivity contribution in [2.45, 2.75) is 5.41 Å². The monoisotopic (exact) mass is 814 g/mol. The average molecular weight is 815 g/mol. The lowest BCUT2D eigenvalue weighted by atomic mass is 9.70. The van der Waals surface area contributed by atoms with Gasteiger partial charge in [-0.25, -0.2) is 0 Å². The molecule has 1 spiro atoms. The Morgan fingerprint density at radius 1 is 0.344 bits per heavy atom. The van der Waals surface area contributed by atoms with Gasteiger partial charge in [0, 0.05) is 38.5 Å². The van der Waals surface area contributed by atoms with Crippen LogP contribution in [0.1, 0.15) is 22.3 Å². The van der Waals surface area contributed by atoms with Gasteiger partial charge < -0.3 is 13.9 Å². The van der Waals surface area contributed by atoms with E-state index >= 15 is 0 Å². The van der Waals surface area contributed by atoms with Gasteiger partial charge in [0.15, 0.2) is 0 Å². The second kappa shape index (κ2) is 13.3. The van der Waals surface area contributed by atoms with Crippen LogP contribution in [0.5, 0.6) is 0 Å². The molecule has 2 aromatic heterocycles. The number of rotatable bonds is 5. The van der Waals surface area contributed by atoms with E-state index in [1.807, 2.05) is 6.07 Å². The summed E-state index contributed by atoms with van der Waals surface area (Å²) < 4.78 is 8.92. The largest absolute Gasteiger partial charge is 0.456 e. The molecule has 0 atom stereocenters. The van der Waals surface area contributed by atoms with Crippen LogP contribution in [0.4, 0.5) is 17.1 Å². The summed E-state index contributed by atoms with van der Waals surface area (Å²) in [5.41, 5.74) is 20.7. The van der Waals surface area contributed by atoms with Crippen molar-refractivity contribution in [2.24, 2.45) is 0 Å². The van der Waals surface area contributed by atoms with Gasteiger partial charge in [-0.1, -0.05) is 170 Å². The van der Waals surface area contributed by atoms with Crippen molar-refractivity contribution in [2.75, 3.05) is 4.90 Å². The average Bonchev–Trinajstić information content (AvgIpc) is 4.09. The van der Waals surface area contributed by atoms with Crippen molar-refractivity contribution in [3.05, 3.63) is 253 Å². The molecule has 10 aromatic carbocycles. The topological polar surface area (TPSA) is 21.3 Å². The first-order chi connectivity index (χ1) is 31.8. The van der Waals surface area contributed by atoms with Crippen LogP contribution in [0.3, 0.4) is 0 Å². The highest BCUT2D eigenvalue weighted by molar-refractivity contribution is 6.18. The third-order valence-electron chi connectivity index (χ3n) is 14.0. The third-order valence-corrected chi connectivity index (χ3v) is 14.0. The predicted octanol–water partition coefficient (Wildman–Crippen LogP) is 16.2. The minimum atomic E-state index is -0.489. The second-order valence-corrected chi connectivity index (χ2v) is 17.1. The van der Waals surface area contributed by atoms with E-state index in [-0.39, 0.29) is 0 Å². The molecule has 0 unspecified atom stereocenters. The zero-order valence-electron chi connectivity index (χ0n) is 34.7. The number of aromatic nitrogens is 1. The Morgan fingerprint density at radius 2 is 0.875 bits per heavy atom. The van der Waals surface area contributed by atoms with Crippen LogP contribution in [0.2, 0.25) is 0 Å². The molecular formula is C61H38N2O. The number of para-hydroxylation sites is 4. The van der Waals surface area contributed by atoms with E-state index in [4.69, 9.17) is 4.42 Å². The first-order valence-electron chi connectivity index (χ1n) is 22.1. The Kier molecular flexibility index (Phi) is 7.32. The van der Waals surface area contributed by atoms with Crippen molar-refractivity contribution in [1.82, 2.24) is 4.57 Å². The lowest BCUT2D eigenvalue weighted by Crippen LogP contribution is -2.26. The summed E-state index contributed by atoms with van der Waals surface area (Å²) in [5.74, 6) is 0. The summed E-state index contributed by atoms with van der Waals surface area (Å²) in [6, 6.07) is 84.6. The van der Waals surface area contributed by atoms with E-state index < -0.39 is 5.41 Å². The maximum absolute atomic E-state index is 6.51. The van der Waals surface area contributed by atoms with Crippen LogP contribution in [0.15, 0.2) is 235 Å². The SMILES string of the molecule is c1ccc(-n2c3ccccc3c3c(N(c4ccc5c(c4)C4(c6ccccc6-c6ccccc64)c4ccccc4-5)c4ccccc4-c4cccc5oc6ccccc6c45)cccc32)cc1. The van der Waals surface area contributed by atoms with E-state index in [2.05, 4.69) is 234 Å². The van der Waals surface area contributed by atoms with Gasteiger partial charge in [0.2, 0.25) is 0 Å². The van der Waals surface area contributed by atoms with Gasteiger partial charge in [-0.3, -0.25) is 0 Å². The van der Waals surface area contributed by atoms with E-state index in [0.717, 1.165) is 61.3 Å². The molecule has 0 amide bonds. The molecule has 0 saturated carbocycles. The fraction of sp³-hybridized carbons (Fsp3) is 0.0164. The maximum atomic E-state index is 6.51. The number of benzene rings is 10. The van der Waals surface area contributed by atoms with Crippen LogP contribution in [-0.4, -0.2) is 4.57 Å². The standard InChI is InChI=1S/C61H38N2O/c1-2-18-39(19-3-1)62-54-31-14-8-24-47(54)60-55(62)32-17-33-56(60)63(53-30-13-7-23-45(53)46-26-16-35-58-59(46)48-25-9-15-34-57(48)64-58)40-36-37-44-43-22-6-12-29-51(43)61(52(44)38-40)49-27-10-4-20-41(49)42-21-5-11-28-50(42)61/h1-38H. The molecule has 3 nitrogen and oxygen atoms in total. The van der Waals surface area contributed by atoms with Gasteiger partial charge in [-0.05, 0) is 111 Å². The van der Waals surface area contributed by atoms with Crippen molar-refractivity contribution in [3.63, 3.8) is 0 Å². The summed E-state index contributed by atoms with van der Waals surface area (Å²) in [5, 5.41) is 4.62. The summed E-state index contributed by atoms with van der Waals surface area (Å²) in [7, 11) is 0. The minimum Gasteiger partial charge on any atom is -0.456 e. The molecule has 298 valence electrons. The number of nitrogens with zero attached hydrogens (tertiary/aromatic N) is 2. The second-order valence-electron chi connectivity index (χ2n) is 17.1. The lowest BCUT2D eigenvalue weighted by Gasteiger charge is -2.33. The summed E-state index contributed by atoms with van der Waals surface area (Å²) in [6.45, 7) is 0. The van der Waals surface area contributed by atoms with Crippen molar-refractivity contribution < 1.29 is 4.42 Å². The minimum absolute atomic E-state index is 0.489. The quantitative estimate of drug-likeness (QED) is 0.173. The molecule has 0 saturated heterocycles. The van der Waals surface area contributed by atoms with Crippen LogP contribution in [0, 0.1) is 0 Å². The molecule has 0 radical (unpaired) electrons. The number of fused-ring (bicyclic) bond motifs is 16. The summed E-state index contributed by atoms with van der Waals surface area (Å²) in [4.78, 5) is 2.53. The molecule has 14 rings (SSSR count). The van der Waals surface area contributed by atoms with Crippen LogP contribution >= 0.6 is 0 Å². The molecule has 0 N–H and O–H groups in total. The third kappa shape index (κ3) is 4.65. The Bertz CT molecular complexity index is 3810. The Balaban J connectivity index is 1.11. The van der Waals surface area contributed by atoms with Gasteiger partial charge in [0.1, 0.15) is 11.2 Å². The summed E-state index contributed by atoms with van der Waals surface area (Å²) in [6.07, 6.45) is 0. The van der Waals surface area contributed by atoms with Gasteiger partial charge >= 0.3 is 0 Å². The molecule has 0 fully saturated rings. The van der Waals surface area contributed by atoms with Gasteiger partial charge in [-0.15, -0.1) is 0 Å². The van der Waals surface area contributed by atoms with Crippen molar-refractivity contribution >= 4 is 60.8 Å². The number of furan rings is 1. The molecule has 3 heteroatoms. The van der Waals surface area contributed by atoms with E-state index in [1.54, 1.807) is 0 Å². The molecular weight excluding hydrogens is 777 g/mol. The molecule has 2 aliphatic rings. The van der Waals surface area contributed by atoms with Gasteiger partial charge in [-0.2, -0.15) is 0 Å². The summed E-state index contributed by atoms with van der Waals surface area (Å²) >= 11 is 0. The number of hydrogen-bond donors (Lipinski definition) is 0. The van der Waals surface area contributed by atoms with E-state index in [0.29, 0.717) is 0 Å². The Labute approximate surface area is 370 Å². The fourth-order valence-electron chi connectivity index (χ4n) is 11.6. The smallest absolute Gasteiger partial charge is 0.136 e. The molecule has 2 heterocycles. The Morgan fingerprint density at radius 3 is 1.62 bits per heavy atom. The van der Waals surface area contributed by atoms with Crippen molar-refractivity contribution in [3.8, 4) is 39.1 Å². The number of hydrogen-bond acceptors (Lipinski definition) is 2. The molecule has 0 aliphatic heterocycles. The maximum Gasteiger partial charge on any atom is 0.136 e. The van der Waals surface area contributed by atoms with E-state index in [9.17, 15) is 0 Å². The first kappa shape index (κ1) is 35.2. The molecule has 12 aromatic rings. The fourth-order valence-corrected chi connectivity index (χ4v) is 11.6. The van der Waals surface area contributed by atoms with Crippen LogP contribution in [-0.2, 0) is 5.41 Å². The Hall–Kier alpha value is -8.40. The lowest BCUT2D eigenvalue weighted by molar-refractivity contribution is 0.669. The highest BCUT2D eigenvalue weighted by Gasteiger charge is 2.51. The van der Waals surface area contributed by atoms with Gasteiger partial charge in [0.05, 0.1) is 27.8 Å². The van der Waals surface area contributed by atoms with Crippen LogP contribution in [0.25, 0.3) is 82.8 Å². The zero-order chi connectivity index (χ0) is 41.9. The van der Waals surface area contributed by atoms with Crippen molar-refractivity contribution in [1.29, 1.82) is 0 Å². The molecule has 2 aliphatic carbocycles.